The second-order valence-corrected chi connectivity index (χ2v) is 12.2. The normalized spacial score (nSPS) is 23.2. The Morgan fingerprint density at radius 3 is 2.59 bits per heavy atom. The quantitative estimate of drug-likeness (QED) is 0.650. The van der Waals surface area contributed by atoms with E-state index < -0.39 is 6.04 Å². The molecule has 2 aromatic rings. The van der Waals surface area contributed by atoms with Gasteiger partial charge >= 0.3 is 0 Å². The minimum atomic E-state index is -0.608. The lowest BCUT2D eigenvalue weighted by Crippen LogP contribution is -2.52. The molecule has 2 aromatic carbocycles. The van der Waals surface area contributed by atoms with Gasteiger partial charge in [-0.25, -0.2) is 0 Å². The van der Waals surface area contributed by atoms with Crippen molar-refractivity contribution < 1.29 is 19.1 Å². The molecule has 0 aromatic heterocycles. The monoisotopic (exact) mass is 501 g/mol. The highest BCUT2D eigenvalue weighted by atomic mass is 16.5. The van der Waals surface area contributed by atoms with Crippen LogP contribution in [-0.4, -0.2) is 53.3 Å². The van der Waals surface area contributed by atoms with Crippen LogP contribution in [0.15, 0.2) is 36.4 Å². The number of ether oxygens (including phenoxy) is 1. The summed E-state index contributed by atoms with van der Waals surface area (Å²) in [4.78, 5) is 41.3. The van der Waals surface area contributed by atoms with Crippen LogP contribution in [0.2, 0.25) is 0 Å². The first kappa shape index (κ1) is 24.2. The first-order valence-electron chi connectivity index (χ1n) is 13.4. The maximum atomic E-state index is 13.2. The van der Waals surface area contributed by atoms with Gasteiger partial charge in [0, 0.05) is 35.1 Å². The van der Waals surface area contributed by atoms with E-state index in [0.717, 1.165) is 43.8 Å². The maximum Gasteiger partial charge on any atom is 0.255 e. The number of nitrogens with zero attached hydrogens (tertiary/aromatic N) is 2. The Bertz CT molecular complexity index is 1290. The third-order valence-electron chi connectivity index (χ3n) is 8.74. The molecule has 1 N–H and O–H groups in total. The summed E-state index contributed by atoms with van der Waals surface area (Å²) in [5.74, 6) is 0.0350. The molecule has 4 aliphatic rings. The molecule has 1 spiro atoms. The van der Waals surface area contributed by atoms with Crippen LogP contribution >= 0.6 is 0 Å². The molecular weight excluding hydrogens is 466 g/mol. The average molecular weight is 502 g/mol. The molecule has 0 saturated carbocycles. The fourth-order valence-corrected chi connectivity index (χ4v) is 6.43. The van der Waals surface area contributed by atoms with Crippen LogP contribution in [0, 0.1) is 0 Å². The summed E-state index contributed by atoms with van der Waals surface area (Å²) < 4.78 is 6.32. The van der Waals surface area contributed by atoms with Crippen molar-refractivity contribution in [2.45, 2.75) is 76.4 Å². The van der Waals surface area contributed by atoms with Gasteiger partial charge in [0.05, 0.1) is 13.2 Å². The van der Waals surface area contributed by atoms with Gasteiger partial charge in [0.1, 0.15) is 11.8 Å². The summed E-state index contributed by atoms with van der Waals surface area (Å²) in [7, 11) is 0. The fraction of sp³-hybridized carbons (Fsp3) is 0.500. The summed E-state index contributed by atoms with van der Waals surface area (Å²) >= 11 is 0. The molecule has 2 saturated heterocycles. The highest BCUT2D eigenvalue weighted by molar-refractivity contribution is 6.05. The largest absolute Gasteiger partial charge is 0.492 e. The summed E-state index contributed by atoms with van der Waals surface area (Å²) in [6.07, 6.45) is 2.65. The van der Waals surface area contributed by atoms with Gasteiger partial charge in [-0.1, -0.05) is 51.1 Å². The van der Waals surface area contributed by atoms with Crippen molar-refractivity contribution >= 4 is 17.7 Å². The fourth-order valence-electron chi connectivity index (χ4n) is 6.43. The maximum absolute atomic E-state index is 13.2. The van der Waals surface area contributed by atoms with Crippen molar-refractivity contribution in [2.75, 3.05) is 19.7 Å². The van der Waals surface area contributed by atoms with Crippen molar-refractivity contribution in [1.82, 2.24) is 15.1 Å². The zero-order chi connectivity index (χ0) is 25.9. The van der Waals surface area contributed by atoms with E-state index in [1.54, 1.807) is 4.90 Å². The summed E-state index contributed by atoms with van der Waals surface area (Å²) in [5, 5.41) is 2.38. The molecule has 4 aliphatic heterocycles. The molecule has 1 atom stereocenters. The van der Waals surface area contributed by atoms with E-state index in [9.17, 15) is 14.4 Å². The molecule has 7 heteroatoms. The number of imide groups is 1. The molecule has 3 amide bonds. The van der Waals surface area contributed by atoms with Crippen molar-refractivity contribution in [1.29, 1.82) is 0 Å². The van der Waals surface area contributed by atoms with Crippen molar-refractivity contribution in [3.05, 3.63) is 64.2 Å². The number of hydrogen-bond acceptors (Lipinski definition) is 5. The number of hydrogen-bond donors (Lipinski definition) is 1. The van der Waals surface area contributed by atoms with Crippen LogP contribution in [0.25, 0.3) is 0 Å². The Morgan fingerprint density at radius 2 is 1.86 bits per heavy atom. The van der Waals surface area contributed by atoms with E-state index in [0.29, 0.717) is 25.1 Å². The summed E-state index contributed by atoms with van der Waals surface area (Å²) in [6, 6.07) is 12.3. The topological polar surface area (TPSA) is 79.0 Å². The molecule has 4 heterocycles. The zero-order valence-corrected chi connectivity index (χ0v) is 21.9. The number of likely N-dealkylation sites (tertiary alicyclic amines) is 1. The molecule has 0 radical (unpaired) electrons. The standard InChI is InChI=1S/C30H35N3O4/c1-29(2,3)20-6-4-5-19(15-20)16-32-13-11-30(12-14-32)18-37-26-22-17-33(24-9-10-25(34)31-27(24)35)28(36)21(22)7-8-23(26)30/h4-8,15,24H,9-14,16-18H2,1-3H3,(H,31,34,35). The molecule has 0 bridgehead atoms. The predicted octanol–water partition coefficient (Wildman–Crippen LogP) is 3.67. The highest BCUT2D eigenvalue weighted by Gasteiger charge is 2.47. The van der Waals surface area contributed by atoms with Crippen LogP contribution in [0.1, 0.15) is 79.1 Å². The number of piperidine rings is 2. The molecule has 7 nitrogen and oxygen atoms in total. The Kier molecular flexibility index (Phi) is 5.68. The minimum Gasteiger partial charge on any atom is -0.492 e. The van der Waals surface area contributed by atoms with Crippen LogP contribution in [0.5, 0.6) is 5.75 Å². The van der Waals surface area contributed by atoms with Gasteiger partial charge < -0.3 is 9.64 Å². The number of rotatable bonds is 3. The van der Waals surface area contributed by atoms with E-state index in [2.05, 4.69) is 61.3 Å². The van der Waals surface area contributed by atoms with Crippen LogP contribution in [0.4, 0.5) is 0 Å². The molecule has 1 unspecified atom stereocenters. The number of fused-ring (bicyclic) bond motifs is 4. The predicted molar refractivity (Wildman–Crippen MR) is 139 cm³/mol. The van der Waals surface area contributed by atoms with Gasteiger partial charge in [0.2, 0.25) is 11.8 Å². The minimum absolute atomic E-state index is 0.0286. The van der Waals surface area contributed by atoms with Crippen molar-refractivity contribution in [2.24, 2.45) is 0 Å². The molecule has 194 valence electrons. The lowest BCUT2D eigenvalue weighted by atomic mass is 9.74. The SMILES string of the molecule is CC(C)(C)c1cccc(CN2CCC3(CC2)COc2c3ccc3c2CN(C2CCC(=O)NC2=O)C3=O)c1. The number of nitrogens with one attached hydrogen (secondary N) is 1. The van der Waals surface area contributed by atoms with E-state index in [-0.39, 0.29) is 35.0 Å². The first-order valence-corrected chi connectivity index (χ1v) is 13.4. The second kappa shape index (κ2) is 8.69. The van der Waals surface area contributed by atoms with Gasteiger partial charge in [0.15, 0.2) is 0 Å². The summed E-state index contributed by atoms with van der Waals surface area (Å²) in [5.41, 5.74) is 5.56. The van der Waals surface area contributed by atoms with E-state index in [1.165, 1.54) is 16.7 Å². The van der Waals surface area contributed by atoms with Gasteiger partial charge in [-0.3, -0.25) is 24.6 Å². The lowest BCUT2D eigenvalue weighted by Gasteiger charge is -2.38. The number of carbonyl (C=O) groups is 3. The van der Waals surface area contributed by atoms with E-state index in [4.69, 9.17) is 4.74 Å². The van der Waals surface area contributed by atoms with Gasteiger partial charge in [0.25, 0.3) is 5.91 Å². The second-order valence-electron chi connectivity index (χ2n) is 12.2. The van der Waals surface area contributed by atoms with Crippen LogP contribution in [0.3, 0.4) is 0 Å². The molecule has 37 heavy (non-hydrogen) atoms. The Balaban J connectivity index is 1.17. The highest BCUT2D eigenvalue weighted by Crippen LogP contribution is 2.49. The van der Waals surface area contributed by atoms with Crippen LogP contribution < -0.4 is 10.1 Å². The summed E-state index contributed by atoms with van der Waals surface area (Å²) in [6.45, 7) is 10.7. The molecule has 0 aliphatic carbocycles. The van der Waals surface area contributed by atoms with E-state index >= 15 is 0 Å². The van der Waals surface area contributed by atoms with Gasteiger partial charge in [-0.05, 0) is 55.0 Å². The third kappa shape index (κ3) is 4.13. The Hall–Kier alpha value is -3.19. The smallest absolute Gasteiger partial charge is 0.255 e. The molecule has 2 fully saturated rings. The number of amides is 3. The average Bonchev–Trinajstić information content (AvgIpc) is 3.38. The number of benzene rings is 2. The number of carbonyl (C=O) groups excluding carboxylic acids is 3. The van der Waals surface area contributed by atoms with Crippen molar-refractivity contribution in [3.63, 3.8) is 0 Å². The molecule has 6 rings (SSSR count). The lowest BCUT2D eigenvalue weighted by molar-refractivity contribution is -0.136. The van der Waals surface area contributed by atoms with Gasteiger partial charge in [-0.2, -0.15) is 0 Å². The zero-order valence-electron chi connectivity index (χ0n) is 21.9. The Labute approximate surface area is 218 Å². The van der Waals surface area contributed by atoms with Gasteiger partial charge in [-0.15, -0.1) is 0 Å². The molecular formula is C30H35N3O4. The third-order valence-corrected chi connectivity index (χ3v) is 8.74. The Morgan fingerprint density at radius 1 is 1.08 bits per heavy atom. The van der Waals surface area contributed by atoms with E-state index in [1.807, 2.05) is 6.07 Å². The van der Waals surface area contributed by atoms with Crippen molar-refractivity contribution in [3.8, 4) is 5.75 Å². The van der Waals surface area contributed by atoms with Crippen LogP contribution in [-0.2, 0) is 33.5 Å². The first-order chi connectivity index (χ1) is 17.6.